The summed E-state index contributed by atoms with van der Waals surface area (Å²) in [5, 5.41) is 0. The maximum atomic E-state index is 2.28. The molecule has 0 heterocycles. The Morgan fingerprint density at radius 3 is 1.91 bits per heavy atom. The number of hydrogen-bond donors (Lipinski definition) is 0. The van der Waals surface area contributed by atoms with Gasteiger partial charge in [0.15, 0.2) is 0 Å². The molecule has 0 heteroatoms. The van der Waals surface area contributed by atoms with Crippen molar-refractivity contribution in [1.82, 2.24) is 0 Å². The van der Waals surface area contributed by atoms with Gasteiger partial charge in [0.25, 0.3) is 0 Å². The average molecular weight is 152 g/mol. The summed E-state index contributed by atoms with van der Waals surface area (Å²) in [7, 11) is 0. The first-order chi connectivity index (χ1) is 5.02. The van der Waals surface area contributed by atoms with Crippen LogP contribution in [0.3, 0.4) is 0 Å². The van der Waals surface area contributed by atoms with Crippen LogP contribution < -0.4 is 0 Å². The van der Waals surface area contributed by atoms with Crippen LogP contribution in [0.25, 0.3) is 0 Å². The number of rotatable bonds is 3. The second kappa shape index (κ2) is 5.17. The zero-order valence-electron chi connectivity index (χ0n) is 8.39. The van der Waals surface area contributed by atoms with Gasteiger partial charge < -0.3 is 0 Å². The van der Waals surface area contributed by atoms with Crippen molar-refractivity contribution >= 4 is 0 Å². The Labute approximate surface area is 71.0 Å². The molecule has 0 radical (unpaired) electrons. The van der Waals surface area contributed by atoms with E-state index >= 15 is 0 Å². The molecule has 0 nitrogen and oxygen atoms in total. The minimum absolute atomic E-state index is 0.658. The van der Waals surface area contributed by atoms with Crippen LogP contribution >= 0.6 is 0 Å². The summed E-state index contributed by atoms with van der Waals surface area (Å²) in [6.07, 6.45) is 6.71. The van der Waals surface area contributed by atoms with Crippen LogP contribution in [-0.4, -0.2) is 0 Å². The maximum Gasteiger partial charge on any atom is -0.0285 e. The molecule has 0 aromatic heterocycles. The largest absolute Gasteiger partial charge is 0.0817 e. The molecule has 0 saturated heterocycles. The van der Waals surface area contributed by atoms with Gasteiger partial charge >= 0.3 is 0 Å². The van der Waals surface area contributed by atoms with E-state index in [-0.39, 0.29) is 0 Å². The van der Waals surface area contributed by atoms with E-state index < -0.39 is 0 Å². The summed E-state index contributed by atoms with van der Waals surface area (Å²) in [6, 6.07) is 0. The molecule has 0 unspecified atom stereocenters. The lowest BCUT2D eigenvalue weighted by Crippen LogP contribution is -1.82. The third-order valence-corrected chi connectivity index (χ3v) is 1.34. The van der Waals surface area contributed by atoms with E-state index in [1.807, 2.05) is 0 Å². The summed E-state index contributed by atoms with van der Waals surface area (Å²) < 4.78 is 0. The Kier molecular flexibility index (Phi) is 4.93. The van der Waals surface area contributed by atoms with Gasteiger partial charge in [-0.15, -0.1) is 0 Å². The van der Waals surface area contributed by atoms with Crippen LogP contribution in [0, 0.1) is 11.8 Å². The lowest BCUT2D eigenvalue weighted by Gasteiger charge is -1.98. The highest BCUT2D eigenvalue weighted by atomic mass is 13.9. The van der Waals surface area contributed by atoms with E-state index in [2.05, 4.69) is 52.8 Å². The molecule has 0 aromatic rings. The first-order valence-corrected chi connectivity index (χ1v) is 4.39. The molecule has 0 bridgehead atoms. The molecule has 0 atom stereocenters. The van der Waals surface area contributed by atoms with Gasteiger partial charge in [0, 0.05) is 0 Å². The molecular weight excluding hydrogens is 132 g/mol. The summed E-state index contributed by atoms with van der Waals surface area (Å²) in [5.74, 6) is 1.32. The van der Waals surface area contributed by atoms with Crippen LogP contribution in [-0.2, 0) is 0 Å². The summed E-state index contributed by atoms with van der Waals surface area (Å²) in [6.45, 7) is 10.9. The Morgan fingerprint density at radius 1 is 1.00 bits per heavy atom. The van der Waals surface area contributed by atoms with E-state index in [1.165, 1.54) is 5.57 Å². The standard InChI is InChI=1S/C11H20/c1-9(2)6-7-11(5)8-10(3)4/h6-10H,1-5H3/b7-6+,11-8+. The molecule has 0 aromatic carbocycles. The van der Waals surface area contributed by atoms with E-state index in [9.17, 15) is 0 Å². The van der Waals surface area contributed by atoms with Crippen molar-refractivity contribution < 1.29 is 0 Å². The highest BCUT2D eigenvalue weighted by Gasteiger charge is 1.88. The zero-order chi connectivity index (χ0) is 8.85. The van der Waals surface area contributed by atoms with Crippen LogP contribution in [0.1, 0.15) is 34.6 Å². The van der Waals surface area contributed by atoms with Crippen LogP contribution in [0.2, 0.25) is 0 Å². The predicted molar refractivity (Wildman–Crippen MR) is 52.6 cm³/mol. The van der Waals surface area contributed by atoms with Gasteiger partial charge in [0.2, 0.25) is 0 Å². The lowest BCUT2D eigenvalue weighted by molar-refractivity contribution is 0.818. The van der Waals surface area contributed by atoms with E-state index in [0.29, 0.717) is 11.8 Å². The van der Waals surface area contributed by atoms with Gasteiger partial charge in [-0.25, -0.2) is 0 Å². The van der Waals surface area contributed by atoms with Crippen LogP contribution in [0.5, 0.6) is 0 Å². The minimum atomic E-state index is 0.658. The molecule has 0 aliphatic carbocycles. The maximum absolute atomic E-state index is 2.28. The fourth-order valence-corrected chi connectivity index (χ4v) is 0.926. The fraction of sp³-hybridized carbons (Fsp3) is 0.636. The van der Waals surface area contributed by atoms with Crippen LogP contribution in [0.15, 0.2) is 23.8 Å². The predicted octanol–water partition coefficient (Wildman–Crippen LogP) is 3.80. The monoisotopic (exact) mass is 152 g/mol. The average Bonchev–Trinajstić information content (AvgIpc) is 1.82. The second-order valence-electron chi connectivity index (χ2n) is 3.76. The summed E-state index contributed by atoms with van der Waals surface area (Å²) in [4.78, 5) is 0. The minimum Gasteiger partial charge on any atom is -0.0817 e. The third kappa shape index (κ3) is 7.38. The topological polar surface area (TPSA) is 0 Å². The molecule has 0 spiro atoms. The van der Waals surface area contributed by atoms with Crippen molar-refractivity contribution in [2.75, 3.05) is 0 Å². The number of hydrogen-bond acceptors (Lipinski definition) is 0. The first-order valence-electron chi connectivity index (χ1n) is 4.39. The smallest absolute Gasteiger partial charge is 0.0285 e. The number of allylic oxidation sites excluding steroid dienone is 4. The molecule has 0 rings (SSSR count). The van der Waals surface area contributed by atoms with Crippen molar-refractivity contribution in [1.29, 1.82) is 0 Å². The molecule has 0 aliphatic heterocycles. The molecule has 0 amide bonds. The van der Waals surface area contributed by atoms with Gasteiger partial charge in [-0.3, -0.25) is 0 Å². The van der Waals surface area contributed by atoms with Gasteiger partial charge in [0.1, 0.15) is 0 Å². The van der Waals surface area contributed by atoms with Crippen molar-refractivity contribution in [3.63, 3.8) is 0 Å². The molecule has 0 aliphatic rings. The fourth-order valence-electron chi connectivity index (χ4n) is 0.926. The van der Waals surface area contributed by atoms with Gasteiger partial charge in [-0.1, -0.05) is 51.5 Å². The third-order valence-electron chi connectivity index (χ3n) is 1.34. The lowest BCUT2D eigenvalue weighted by atomic mass is 10.1. The summed E-state index contributed by atoms with van der Waals surface area (Å²) >= 11 is 0. The van der Waals surface area contributed by atoms with Gasteiger partial charge in [-0.05, 0) is 18.8 Å². The van der Waals surface area contributed by atoms with Crippen molar-refractivity contribution in [3.05, 3.63) is 23.8 Å². The van der Waals surface area contributed by atoms with Gasteiger partial charge in [0.05, 0.1) is 0 Å². The molecule has 0 N–H and O–H groups in total. The quantitative estimate of drug-likeness (QED) is 0.539. The SMILES string of the molecule is CC(/C=C/C(C)C)=C\C(C)C. The molecular formula is C11H20. The first kappa shape index (κ1) is 10.5. The highest BCUT2D eigenvalue weighted by Crippen LogP contribution is 2.04. The summed E-state index contributed by atoms with van der Waals surface area (Å²) in [5.41, 5.74) is 1.37. The Balaban J connectivity index is 3.95. The van der Waals surface area contributed by atoms with Gasteiger partial charge in [-0.2, -0.15) is 0 Å². The van der Waals surface area contributed by atoms with E-state index in [1.54, 1.807) is 0 Å². The zero-order valence-corrected chi connectivity index (χ0v) is 8.39. The Hall–Kier alpha value is -0.520. The van der Waals surface area contributed by atoms with Crippen molar-refractivity contribution in [3.8, 4) is 0 Å². The van der Waals surface area contributed by atoms with E-state index in [0.717, 1.165) is 0 Å². The molecule has 0 fully saturated rings. The Morgan fingerprint density at radius 2 is 1.55 bits per heavy atom. The normalized spacial score (nSPS) is 13.9. The van der Waals surface area contributed by atoms with E-state index in [4.69, 9.17) is 0 Å². The van der Waals surface area contributed by atoms with Crippen molar-refractivity contribution in [2.24, 2.45) is 11.8 Å². The highest BCUT2D eigenvalue weighted by molar-refractivity contribution is 5.16. The van der Waals surface area contributed by atoms with Crippen LogP contribution in [0.4, 0.5) is 0 Å². The van der Waals surface area contributed by atoms with Crippen molar-refractivity contribution in [2.45, 2.75) is 34.6 Å². The molecule has 11 heavy (non-hydrogen) atoms. The molecule has 0 saturated carbocycles. The molecule has 64 valence electrons. The second-order valence-corrected chi connectivity index (χ2v) is 3.76. The Bertz CT molecular complexity index is 147.